The minimum atomic E-state index is -4.33. The van der Waals surface area contributed by atoms with E-state index in [0.717, 1.165) is 44.4 Å². The van der Waals surface area contributed by atoms with E-state index >= 15 is 0 Å². The lowest BCUT2D eigenvalue weighted by molar-refractivity contribution is -0.870. The average Bonchev–Trinajstić information content (AvgIpc) is 3.02. The van der Waals surface area contributed by atoms with Gasteiger partial charge in [-0.3, -0.25) is 13.8 Å². The standard InChI is InChI=1S/C40H81N2O6P/c1-7-8-9-10-11-12-13-14-15-16-17-21-24-27-30-33-40(44)41-38(36-48-49(45,46)47-35-34-42(4,5)6)39(43)32-29-26-23-20-18-19-22-25-28-31-37(2)3/h29,32,37-39,43H,7-28,30-31,33-36H2,1-6H3,(H-,41,44,45,46)/p+1/b32-29+/t38-,39+/m0/s1. The zero-order valence-corrected chi connectivity index (χ0v) is 34.0. The van der Waals surface area contributed by atoms with Gasteiger partial charge in [-0.15, -0.1) is 0 Å². The maximum atomic E-state index is 12.8. The number of quaternary nitrogens is 1. The van der Waals surface area contributed by atoms with Crippen molar-refractivity contribution in [2.45, 2.75) is 193 Å². The Bertz CT molecular complexity index is 832. The van der Waals surface area contributed by atoms with Crippen LogP contribution >= 0.6 is 7.82 Å². The number of carbonyl (C=O) groups excluding carboxylic acids is 1. The third-order valence-electron chi connectivity index (χ3n) is 9.19. The maximum absolute atomic E-state index is 12.8. The molecule has 0 aromatic heterocycles. The van der Waals surface area contributed by atoms with Crippen LogP contribution in [0.4, 0.5) is 0 Å². The fourth-order valence-electron chi connectivity index (χ4n) is 5.87. The first-order valence-corrected chi connectivity index (χ1v) is 21.9. The number of aliphatic hydroxyl groups is 1. The van der Waals surface area contributed by atoms with Gasteiger partial charge in [-0.05, 0) is 25.2 Å². The van der Waals surface area contributed by atoms with Crippen LogP contribution in [0.25, 0.3) is 0 Å². The Morgan fingerprint density at radius 3 is 1.69 bits per heavy atom. The Morgan fingerprint density at radius 2 is 1.20 bits per heavy atom. The molecule has 0 fully saturated rings. The molecule has 3 N–H and O–H groups in total. The van der Waals surface area contributed by atoms with E-state index in [2.05, 4.69) is 26.1 Å². The number of aliphatic hydroxyl groups excluding tert-OH is 1. The second kappa shape index (κ2) is 31.9. The summed E-state index contributed by atoms with van der Waals surface area (Å²) >= 11 is 0. The van der Waals surface area contributed by atoms with Gasteiger partial charge in [0.2, 0.25) is 5.91 Å². The lowest BCUT2D eigenvalue weighted by Crippen LogP contribution is -2.45. The Labute approximate surface area is 303 Å². The van der Waals surface area contributed by atoms with Crippen LogP contribution in [-0.2, 0) is 18.4 Å². The molecule has 0 aliphatic carbocycles. The highest BCUT2D eigenvalue weighted by Gasteiger charge is 2.27. The van der Waals surface area contributed by atoms with Crippen molar-refractivity contribution in [1.82, 2.24) is 5.32 Å². The van der Waals surface area contributed by atoms with Crippen molar-refractivity contribution in [3.05, 3.63) is 12.2 Å². The number of carbonyl (C=O) groups is 1. The molecule has 0 rings (SSSR count). The van der Waals surface area contributed by atoms with E-state index in [1.54, 1.807) is 6.08 Å². The summed E-state index contributed by atoms with van der Waals surface area (Å²) in [6.45, 7) is 7.12. The number of nitrogens with zero attached hydrogens (tertiary/aromatic N) is 1. The number of unbranched alkanes of at least 4 members (excludes halogenated alkanes) is 21. The molecule has 49 heavy (non-hydrogen) atoms. The van der Waals surface area contributed by atoms with Crippen LogP contribution in [0.15, 0.2) is 12.2 Å². The van der Waals surface area contributed by atoms with Crippen molar-refractivity contribution in [3.8, 4) is 0 Å². The van der Waals surface area contributed by atoms with Gasteiger partial charge in [0.05, 0.1) is 39.9 Å². The number of nitrogens with one attached hydrogen (secondary N) is 1. The van der Waals surface area contributed by atoms with Gasteiger partial charge in [0.25, 0.3) is 0 Å². The van der Waals surface area contributed by atoms with Crippen LogP contribution in [0.5, 0.6) is 0 Å². The fourth-order valence-corrected chi connectivity index (χ4v) is 6.61. The molecule has 0 aromatic rings. The molecule has 292 valence electrons. The third-order valence-corrected chi connectivity index (χ3v) is 10.2. The Hall–Kier alpha value is -0.760. The van der Waals surface area contributed by atoms with Crippen LogP contribution in [0, 0.1) is 5.92 Å². The van der Waals surface area contributed by atoms with Gasteiger partial charge in [0.1, 0.15) is 13.2 Å². The lowest BCUT2D eigenvalue weighted by atomic mass is 10.0. The van der Waals surface area contributed by atoms with E-state index in [-0.39, 0.29) is 19.1 Å². The van der Waals surface area contributed by atoms with Crippen LogP contribution < -0.4 is 5.32 Å². The van der Waals surface area contributed by atoms with E-state index in [1.807, 2.05) is 27.2 Å². The smallest absolute Gasteiger partial charge is 0.387 e. The molecule has 0 aromatic carbocycles. The van der Waals surface area contributed by atoms with Crippen molar-refractivity contribution >= 4 is 13.7 Å². The number of amides is 1. The van der Waals surface area contributed by atoms with Gasteiger partial charge in [0.15, 0.2) is 0 Å². The summed E-state index contributed by atoms with van der Waals surface area (Å²) in [7, 11) is 1.57. The Kier molecular flexibility index (Phi) is 31.4. The first kappa shape index (κ1) is 48.2. The minimum Gasteiger partial charge on any atom is -0.387 e. The second-order valence-electron chi connectivity index (χ2n) is 15.9. The summed E-state index contributed by atoms with van der Waals surface area (Å²) in [5.74, 6) is 0.613. The van der Waals surface area contributed by atoms with Crippen LogP contribution in [0.1, 0.15) is 181 Å². The molecule has 0 bridgehead atoms. The molecule has 9 heteroatoms. The van der Waals surface area contributed by atoms with Crippen LogP contribution in [0.3, 0.4) is 0 Å². The molecule has 1 unspecified atom stereocenters. The quantitative estimate of drug-likeness (QED) is 0.0258. The first-order chi connectivity index (χ1) is 23.4. The first-order valence-electron chi connectivity index (χ1n) is 20.4. The van der Waals surface area contributed by atoms with E-state index in [0.29, 0.717) is 17.4 Å². The predicted molar refractivity (Wildman–Crippen MR) is 208 cm³/mol. The van der Waals surface area contributed by atoms with Crippen molar-refractivity contribution in [2.75, 3.05) is 40.9 Å². The average molecular weight is 718 g/mol. The van der Waals surface area contributed by atoms with E-state index < -0.39 is 20.0 Å². The minimum absolute atomic E-state index is 0.0634. The molecule has 0 saturated heterocycles. The Morgan fingerprint density at radius 1 is 0.735 bits per heavy atom. The van der Waals surface area contributed by atoms with Crippen molar-refractivity contribution in [1.29, 1.82) is 0 Å². The van der Waals surface area contributed by atoms with Gasteiger partial charge in [0, 0.05) is 6.42 Å². The highest BCUT2D eigenvalue weighted by Crippen LogP contribution is 2.43. The highest BCUT2D eigenvalue weighted by atomic mass is 31.2. The topological polar surface area (TPSA) is 105 Å². The van der Waals surface area contributed by atoms with Gasteiger partial charge in [-0.2, -0.15) is 0 Å². The summed E-state index contributed by atoms with van der Waals surface area (Å²) < 4.78 is 23.5. The van der Waals surface area contributed by atoms with E-state index in [9.17, 15) is 19.4 Å². The molecule has 0 aliphatic rings. The third kappa shape index (κ3) is 35.4. The molecule has 0 radical (unpaired) electrons. The zero-order valence-electron chi connectivity index (χ0n) is 33.1. The van der Waals surface area contributed by atoms with Gasteiger partial charge in [-0.25, -0.2) is 4.57 Å². The maximum Gasteiger partial charge on any atom is 0.472 e. The summed E-state index contributed by atoms with van der Waals surface area (Å²) in [4.78, 5) is 23.0. The normalized spacial score (nSPS) is 14.8. The SMILES string of the molecule is CCCCCCCCCCCCCCCCCC(=O)N[C@@H](COP(=O)(O)OCC[N+](C)(C)C)[C@H](O)/C=C/CCCCCCCCCC(C)C. The summed E-state index contributed by atoms with van der Waals surface area (Å²) in [6.07, 6.45) is 32.8. The molecule has 8 nitrogen and oxygen atoms in total. The number of hydrogen-bond donors (Lipinski definition) is 3. The van der Waals surface area contributed by atoms with Crippen molar-refractivity contribution < 1.29 is 32.9 Å². The molecular weight excluding hydrogens is 635 g/mol. The summed E-state index contributed by atoms with van der Waals surface area (Å²) in [6, 6.07) is -0.839. The second-order valence-corrected chi connectivity index (χ2v) is 17.3. The molecule has 0 spiro atoms. The molecular formula is C40H82N2O6P+. The summed E-state index contributed by atoms with van der Waals surface area (Å²) in [5, 5.41) is 13.8. The van der Waals surface area contributed by atoms with E-state index in [4.69, 9.17) is 9.05 Å². The van der Waals surface area contributed by atoms with Crippen LogP contribution in [0.2, 0.25) is 0 Å². The number of hydrogen-bond acceptors (Lipinski definition) is 5. The van der Waals surface area contributed by atoms with Crippen molar-refractivity contribution in [2.24, 2.45) is 5.92 Å². The molecule has 0 saturated carbocycles. The number of phosphoric ester groups is 1. The number of allylic oxidation sites excluding steroid dienone is 1. The zero-order chi connectivity index (χ0) is 36.6. The van der Waals surface area contributed by atoms with Crippen LogP contribution in [-0.4, -0.2) is 73.4 Å². The predicted octanol–water partition coefficient (Wildman–Crippen LogP) is 10.7. The fraction of sp³-hybridized carbons (Fsp3) is 0.925. The number of phosphoric acid groups is 1. The lowest BCUT2D eigenvalue weighted by Gasteiger charge is -2.25. The Balaban J connectivity index is 4.46. The monoisotopic (exact) mass is 718 g/mol. The van der Waals surface area contributed by atoms with Gasteiger partial charge >= 0.3 is 7.82 Å². The van der Waals surface area contributed by atoms with E-state index in [1.165, 1.54) is 116 Å². The molecule has 1 amide bonds. The highest BCUT2D eigenvalue weighted by molar-refractivity contribution is 7.47. The van der Waals surface area contributed by atoms with Crippen molar-refractivity contribution in [3.63, 3.8) is 0 Å². The summed E-state index contributed by atoms with van der Waals surface area (Å²) in [5.41, 5.74) is 0. The molecule has 3 atom stereocenters. The van der Waals surface area contributed by atoms with Gasteiger partial charge in [-0.1, -0.05) is 168 Å². The number of rotatable bonds is 36. The molecule has 0 heterocycles. The van der Waals surface area contributed by atoms with Gasteiger partial charge < -0.3 is 19.8 Å². The number of likely N-dealkylation sites (N-methyl/N-ethyl adjacent to an activating group) is 1. The largest absolute Gasteiger partial charge is 0.472 e. The molecule has 0 aliphatic heterocycles.